The van der Waals surface area contributed by atoms with Gasteiger partial charge in [-0.25, -0.2) is 0 Å². The standard InChI is InChI=1S/C10H18N4S/c1-2-3-6-14(8-4-5-8)7-9-12-13-10(11)15-9/h8H,2-7H2,1H3,(H2,11,13). The second-order valence-electron chi connectivity index (χ2n) is 4.09. The van der Waals surface area contributed by atoms with Gasteiger partial charge in [-0.15, -0.1) is 10.2 Å². The molecule has 0 bridgehead atoms. The topological polar surface area (TPSA) is 55.0 Å². The van der Waals surface area contributed by atoms with Crippen LogP contribution in [0.5, 0.6) is 0 Å². The Hall–Kier alpha value is -0.680. The fourth-order valence-corrected chi connectivity index (χ4v) is 2.33. The fourth-order valence-electron chi connectivity index (χ4n) is 1.70. The minimum absolute atomic E-state index is 0.580. The van der Waals surface area contributed by atoms with E-state index >= 15 is 0 Å². The van der Waals surface area contributed by atoms with Crippen LogP contribution in [0.25, 0.3) is 0 Å². The minimum atomic E-state index is 0.580. The summed E-state index contributed by atoms with van der Waals surface area (Å²) in [7, 11) is 0. The molecule has 0 aliphatic heterocycles. The number of nitrogens with two attached hydrogens (primary N) is 1. The summed E-state index contributed by atoms with van der Waals surface area (Å²) in [4.78, 5) is 2.52. The lowest BCUT2D eigenvalue weighted by atomic mass is 10.3. The van der Waals surface area contributed by atoms with Gasteiger partial charge in [-0.1, -0.05) is 24.7 Å². The van der Waals surface area contributed by atoms with Crippen LogP contribution < -0.4 is 5.73 Å². The quantitative estimate of drug-likeness (QED) is 0.804. The van der Waals surface area contributed by atoms with Crippen molar-refractivity contribution in [1.82, 2.24) is 15.1 Å². The van der Waals surface area contributed by atoms with Crippen molar-refractivity contribution in [2.75, 3.05) is 12.3 Å². The molecule has 0 spiro atoms. The van der Waals surface area contributed by atoms with Crippen molar-refractivity contribution >= 4 is 16.5 Å². The highest BCUT2D eigenvalue weighted by atomic mass is 32.1. The Labute approximate surface area is 94.5 Å². The van der Waals surface area contributed by atoms with E-state index in [2.05, 4.69) is 22.0 Å². The van der Waals surface area contributed by atoms with E-state index in [-0.39, 0.29) is 0 Å². The van der Waals surface area contributed by atoms with Crippen molar-refractivity contribution in [2.24, 2.45) is 0 Å². The summed E-state index contributed by atoms with van der Waals surface area (Å²) >= 11 is 1.51. The molecule has 0 aromatic carbocycles. The lowest BCUT2D eigenvalue weighted by Crippen LogP contribution is -2.26. The Morgan fingerprint density at radius 2 is 2.27 bits per heavy atom. The maximum Gasteiger partial charge on any atom is 0.203 e. The zero-order valence-corrected chi connectivity index (χ0v) is 9.96. The molecule has 0 radical (unpaired) electrons. The summed E-state index contributed by atoms with van der Waals surface area (Å²) in [5.41, 5.74) is 5.57. The molecule has 1 saturated carbocycles. The van der Waals surface area contributed by atoms with Crippen LogP contribution in [0.2, 0.25) is 0 Å². The minimum Gasteiger partial charge on any atom is -0.374 e. The second-order valence-corrected chi connectivity index (χ2v) is 5.18. The van der Waals surface area contributed by atoms with Crippen molar-refractivity contribution in [3.63, 3.8) is 0 Å². The third-order valence-corrected chi connectivity index (χ3v) is 3.42. The number of hydrogen-bond acceptors (Lipinski definition) is 5. The van der Waals surface area contributed by atoms with Gasteiger partial charge >= 0.3 is 0 Å². The first-order valence-electron chi connectivity index (χ1n) is 5.61. The van der Waals surface area contributed by atoms with Crippen LogP contribution >= 0.6 is 11.3 Å². The van der Waals surface area contributed by atoms with Crippen LogP contribution in [0.4, 0.5) is 5.13 Å². The average molecular weight is 226 g/mol. The molecule has 1 aromatic heterocycles. The number of nitrogen functional groups attached to an aromatic ring is 1. The van der Waals surface area contributed by atoms with Gasteiger partial charge in [0.2, 0.25) is 5.13 Å². The summed E-state index contributed by atoms with van der Waals surface area (Å²) in [6.45, 7) is 4.34. The SMILES string of the molecule is CCCCN(Cc1nnc(N)s1)C1CC1. The first-order chi connectivity index (χ1) is 7.29. The lowest BCUT2D eigenvalue weighted by Gasteiger charge is -2.19. The summed E-state index contributed by atoms with van der Waals surface area (Å²) in [5.74, 6) is 0. The zero-order chi connectivity index (χ0) is 10.7. The molecule has 1 aliphatic rings. The van der Waals surface area contributed by atoms with Gasteiger partial charge < -0.3 is 5.73 Å². The predicted molar refractivity (Wildman–Crippen MR) is 62.7 cm³/mol. The highest BCUT2D eigenvalue weighted by molar-refractivity contribution is 7.15. The normalized spacial score (nSPS) is 16.1. The van der Waals surface area contributed by atoms with E-state index in [1.54, 1.807) is 0 Å². The van der Waals surface area contributed by atoms with Gasteiger partial charge in [0.15, 0.2) is 0 Å². The summed E-state index contributed by atoms with van der Waals surface area (Å²) in [6.07, 6.45) is 5.21. The Kier molecular flexibility index (Phi) is 3.53. The Balaban J connectivity index is 1.88. The van der Waals surface area contributed by atoms with Crippen LogP contribution in [0, 0.1) is 0 Å². The van der Waals surface area contributed by atoms with Gasteiger partial charge in [-0.2, -0.15) is 0 Å². The summed E-state index contributed by atoms with van der Waals surface area (Å²) < 4.78 is 0. The molecule has 0 saturated heterocycles. The molecule has 2 N–H and O–H groups in total. The van der Waals surface area contributed by atoms with Crippen molar-refractivity contribution in [3.05, 3.63) is 5.01 Å². The average Bonchev–Trinajstić information content (AvgIpc) is 2.98. The molecule has 2 rings (SSSR count). The molecular formula is C10H18N4S. The lowest BCUT2D eigenvalue weighted by molar-refractivity contribution is 0.250. The number of rotatable bonds is 6. The fraction of sp³-hybridized carbons (Fsp3) is 0.800. The molecule has 84 valence electrons. The van der Waals surface area contributed by atoms with E-state index in [1.165, 1.54) is 43.6 Å². The maximum atomic E-state index is 5.57. The number of anilines is 1. The van der Waals surface area contributed by atoms with Crippen molar-refractivity contribution in [3.8, 4) is 0 Å². The summed E-state index contributed by atoms with van der Waals surface area (Å²) in [5, 5.41) is 9.56. The zero-order valence-electron chi connectivity index (χ0n) is 9.15. The number of nitrogens with zero attached hydrogens (tertiary/aromatic N) is 3. The van der Waals surface area contributed by atoms with Crippen LogP contribution in [-0.2, 0) is 6.54 Å². The van der Waals surface area contributed by atoms with Crippen LogP contribution in [0.3, 0.4) is 0 Å². The van der Waals surface area contributed by atoms with Gasteiger partial charge in [0.25, 0.3) is 0 Å². The largest absolute Gasteiger partial charge is 0.374 e. The van der Waals surface area contributed by atoms with E-state index in [1.807, 2.05) is 0 Å². The third kappa shape index (κ3) is 3.14. The second kappa shape index (κ2) is 4.90. The Morgan fingerprint density at radius 3 is 2.80 bits per heavy atom. The molecule has 0 atom stereocenters. The predicted octanol–water partition coefficient (Wildman–Crippen LogP) is 1.88. The molecule has 1 aliphatic carbocycles. The van der Waals surface area contributed by atoms with Crippen LogP contribution in [-0.4, -0.2) is 27.7 Å². The molecular weight excluding hydrogens is 208 g/mol. The van der Waals surface area contributed by atoms with E-state index in [9.17, 15) is 0 Å². The van der Waals surface area contributed by atoms with Crippen molar-refractivity contribution in [2.45, 2.75) is 45.2 Å². The Morgan fingerprint density at radius 1 is 1.47 bits per heavy atom. The molecule has 1 fully saturated rings. The highest BCUT2D eigenvalue weighted by Crippen LogP contribution is 2.29. The highest BCUT2D eigenvalue weighted by Gasteiger charge is 2.29. The molecule has 1 aromatic rings. The van der Waals surface area contributed by atoms with E-state index in [0.29, 0.717) is 5.13 Å². The molecule has 4 nitrogen and oxygen atoms in total. The smallest absolute Gasteiger partial charge is 0.203 e. The van der Waals surface area contributed by atoms with E-state index in [4.69, 9.17) is 5.73 Å². The molecule has 0 unspecified atom stereocenters. The van der Waals surface area contributed by atoms with Gasteiger partial charge in [-0.05, 0) is 25.8 Å². The number of unbranched alkanes of at least 4 members (excludes halogenated alkanes) is 1. The first kappa shape index (κ1) is 10.8. The monoisotopic (exact) mass is 226 g/mol. The van der Waals surface area contributed by atoms with Gasteiger partial charge in [-0.3, -0.25) is 4.90 Å². The van der Waals surface area contributed by atoms with Crippen molar-refractivity contribution < 1.29 is 0 Å². The molecule has 0 amide bonds. The van der Waals surface area contributed by atoms with Gasteiger partial charge in [0, 0.05) is 6.04 Å². The molecule has 1 heterocycles. The van der Waals surface area contributed by atoms with Gasteiger partial charge in [0.1, 0.15) is 5.01 Å². The third-order valence-electron chi connectivity index (χ3n) is 2.68. The maximum absolute atomic E-state index is 5.57. The van der Waals surface area contributed by atoms with E-state index < -0.39 is 0 Å². The van der Waals surface area contributed by atoms with Crippen LogP contribution in [0.1, 0.15) is 37.6 Å². The Bertz CT molecular complexity index is 308. The molecule has 5 heteroatoms. The number of hydrogen-bond donors (Lipinski definition) is 1. The summed E-state index contributed by atoms with van der Waals surface area (Å²) in [6, 6.07) is 0.793. The van der Waals surface area contributed by atoms with E-state index in [0.717, 1.165) is 17.6 Å². The van der Waals surface area contributed by atoms with Gasteiger partial charge in [0.05, 0.1) is 6.54 Å². The van der Waals surface area contributed by atoms with Crippen molar-refractivity contribution in [1.29, 1.82) is 0 Å². The first-order valence-corrected chi connectivity index (χ1v) is 6.43. The molecule has 15 heavy (non-hydrogen) atoms. The van der Waals surface area contributed by atoms with Crippen LogP contribution in [0.15, 0.2) is 0 Å². The number of aromatic nitrogens is 2.